The molecule has 0 radical (unpaired) electrons. The molecule has 3 aliphatic carbocycles. The van der Waals surface area contributed by atoms with Gasteiger partial charge in [-0.15, -0.1) is 0 Å². The number of carbonyl (C=O) groups excluding carboxylic acids is 1. The Morgan fingerprint density at radius 3 is 2.33 bits per heavy atom. The van der Waals surface area contributed by atoms with Crippen molar-refractivity contribution >= 4 is 5.91 Å². The Balaban J connectivity index is 1.42. The van der Waals surface area contributed by atoms with Crippen LogP contribution in [0.2, 0.25) is 0 Å². The van der Waals surface area contributed by atoms with E-state index in [1.807, 2.05) is 0 Å². The third-order valence-corrected chi connectivity index (χ3v) is 5.89. The van der Waals surface area contributed by atoms with Gasteiger partial charge in [0.25, 0.3) is 0 Å². The van der Waals surface area contributed by atoms with Gasteiger partial charge in [-0.05, 0) is 62.5 Å². The fourth-order valence-corrected chi connectivity index (χ4v) is 4.45. The molecule has 1 aromatic carbocycles. The monoisotopic (exact) mass is 323 g/mol. The van der Waals surface area contributed by atoms with Crippen LogP contribution < -0.4 is 5.32 Å². The van der Waals surface area contributed by atoms with Crippen LogP contribution in [0.3, 0.4) is 0 Å². The second kappa shape index (κ2) is 6.22. The van der Waals surface area contributed by atoms with Gasteiger partial charge >= 0.3 is 0 Å². The minimum Gasteiger partial charge on any atom is -0.337 e. The minimum atomic E-state index is -0.606. The van der Waals surface area contributed by atoms with Crippen LogP contribution in [0.1, 0.15) is 49.7 Å². The molecule has 0 heterocycles. The fraction of sp³-hybridized carbons (Fsp3) is 0.600. The maximum atomic E-state index is 12.6. The summed E-state index contributed by atoms with van der Waals surface area (Å²) < 4.78 is 0. The first-order chi connectivity index (χ1) is 11.7. The van der Waals surface area contributed by atoms with Crippen molar-refractivity contribution in [1.29, 1.82) is 5.26 Å². The van der Waals surface area contributed by atoms with Crippen LogP contribution >= 0.6 is 0 Å². The van der Waals surface area contributed by atoms with Crippen LogP contribution in [-0.2, 0) is 17.6 Å². The van der Waals surface area contributed by atoms with Crippen molar-refractivity contribution in [2.45, 2.75) is 69.0 Å². The number of benzene rings is 1. The average molecular weight is 323 g/mol. The quantitative estimate of drug-likeness (QED) is 0.906. The van der Waals surface area contributed by atoms with E-state index in [2.05, 4.69) is 40.6 Å². The van der Waals surface area contributed by atoms with Gasteiger partial charge in [0, 0.05) is 12.1 Å². The number of nitrogens with one attached hydrogen (secondary N) is 1. The standard InChI is InChI=1S/C20H25N3O/c21-14-20(9-3-4-10-20)22-19(24)13-23(17-7-8-17)18-11-15-5-1-2-6-16(15)12-18/h1-2,5-6,17-18H,3-4,7-13H2,(H,22,24). The molecule has 0 aliphatic heterocycles. The van der Waals surface area contributed by atoms with Crippen molar-refractivity contribution in [2.24, 2.45) is 0 Å². The molecule has 0 spiro atoms. The molecular formula is C20H25N3O. The van der Waals surface area contributed by atoms with Crippen molar-refractivity contribution in [2.75, 3.05) is 6.54 Å². The highest BCUT2D eigenvalue weighted by atomic mass is 16.2. The van der Waals surface area contributed by atoms with E-state index in [4.69, 9.17) is 0 Å². The summed E-state index contributed by atoms with van der Waals surface area (Å²) in [5.74, 6) is 0.0290. The Morgan fingerprint density at radius 1 is 1.17 bits per heavy atom. The van der Waals surface area contributed by atoms with Gasteiger partial charge in [0.1, 0.15) is 5.54 Å². The normalized spacial score (nSPS) is 22.3. The Morgan fingerprint density at radius 2 is 1.79 bits per heavy atom. The largest absolute Gasteiger partial charge is 0.337 e. The molecule has 1 N–H and O–H groups in total. The molecule has 4 heteroatoms. The summed E-state index contributed by atoms with van der Waals surface area (Å²) in [6.45, 7) is 0.437. The molecule has 3 aliphatic rings. The smallest absolute Gasteiger partial charge is 0.235 e. The zero-order valence-electron chi connectivity index (χ0n) is 14.1. The maximum absolute atomic E-state index is 12.6. The van der Waals surface area contributed by atoms with Crippen molar-refractivity contribution < 1.29 is 4.79 Å². The first kappa shape index (κ1) is 15.7. The van der Waals surface area contributed by atoms with Gasteiger partial charge in [0.05, 0.1) is 12.6 Å². The number of carbonyl (C=O) groups is 1. The highest BCUT2D eigenvalue weighted by Crippen LogP contribution is 2.34. The lowest BCUT2D eigenvalue weighted by Gasteiger charge is -2.30. The van der Waals surface area contributed by atoms with Crippen molar-refractivity contribution in [3.63, 3.8) is 0 Å². The zero-order valence-corrected chi connectivity index (χ0v) is 14.1. The van der Waals surface area contributed by atoms with Crippen molar-refractivity contribution in [1.82, 2.24) is 10.2 Å². The highest BCUT2D eigenvalue weighted by molar-refractivity contribution is 5.79. The molecule has 24 heavy (non-hydrogen) atoms. The summed E-state index contributed by atoms with van der Waals surface area (Å²) in [5.41, 5.74) is 2.25. The Kier molecular flexibility index (Phi) is 4.05. The SMILES string of the molecule is N#CC1(NC(=O)CN(C2CC2)C2Cc3ccccc3C2)CCCC1. The molecule has 0 saturated heterocycles. The number of nitrogens with zero attached hydrogens (tertiary/aromatic N) is 2. The minimum absolute atomic E-state index is 0.0290. The van der Waals surface area contributed by atoms with Crippen molar-refractivity contribution in [3.8, 4) is 6.07 Å². The van der Waals surface area contributed by atoms with E-state index in [-0.39, 0.29) is 5.91 Å². The summed E-state index contributed by atoms with van der Waals surface area (Å²) >= 11 is 0. The highest BCUT2D eigenvalue weighted by Gasteiger charge is 2.40. The Labute approximate surface area is 143 Å². The lowest BCUT2D eigenvalue weighted by molar-refractivity contribution is -0.124. The molecule has 1 amide bonds. The Hall–Kier alpha value is -1.86. The lowest BCUT2D eigenvalue weighted by Crippen LogP contribution is -2.51. The molecule has 126 valence electrons. The number of fused-ring (bicyclic) bond motifs is 1. The maximum Gasteiger partial charge on any atom is 0.235 e. The van der Waals surface area contributed by atoms with E-state index in [0.717, 1.165) is 38.5 Å². The summed E-state index contributed by atoms with van der Waals surface area (Å²) in [6.07, 6.45) is 8.16. The van der Waals surface area contributed by atoms with E-state index >= 15 is 0 Å². The van der Waals surface area contributed by atoms with Gasteiger partial charge < -0.3 is 5.32 Å². The molecule has 4 nitrogen and oxygen atoms in total. The van der Waals surface area contributed by atoms with Crippen LogP contribution in [0.25, 0.3) is 0 Å². The molecule has 1 aromatic rings. The second-order valence-corrected chi connectivity index (χ2v) is 7.68. The van der Waals surface area contributed by atoms with E-state index in [0.29, 0.717) is 18.6 Å². The van der Waals surface area contributed by atoms with Gasteiger partial charge in [-0.25, -0.2) is 0 Å². The molecule has 0 aromatic heterocycles. The molecule has 0 bridgehead atoms. The first-order valence-electron chi connectivity index (χ1n) is 9.24. The third kappa shape index (κ3) is 3.06. The van der Waals surface area contributed by atoms with E-state index in [9.17, 15) is 10.1 Å². The number of hydrogen-bond acceptors (Lipinski definition) is 3. The van der Waals surface area contributed by atoms with Crippen LogP contribution in [0, 0.1) is 11.3 Å². The van der Waals surface area contributed by atoms with Gasteiger partial charge in [-0.2, -0.15) is 5.26 Å². The number of amides is 1. The van der Waals surface area contributed by atoms with Gasteiger partial charge in [0.2, 0.25) is 5.91 Å². The predicted molar refractivity (Wildman–Crippen MR) is 92.3 cm³/mol. The predicted octanol–water partition coefficient (Wildman–Crippen LogP) is 2.57. The fourth-order valence-electron chi connectivity index (χ4n) is 4.45. The van der Waals surface area contributed by atoms with Crippen molar-refractivity contribution in [3.05, 3.63) is 35.4 Å². The summed E-state index contributed by atoms with van der Waals surface area (Å²) in [4.78, 5) is 15.0. The number of nitriles is 1. The van der Waals surface area contributed by atoms with E-state index in [1.54, 1.807) is 0 Å². The molecule has 0 atom stereocenters. The van der Waals surface area contributed by atoms with E-state index in [1.165, 1.54) is 24.0 Å². The third-order valence-electron chi connectivity index (χ3n) is 5.89. The second-order valence-electron chi connectivity index (χ2n) is 7.68. The molecule has 2 saturated carbocycles. The van der Waals surface area contributed by atoms with Gasteiger partial charge in [0.15, 0.2) is 0 Å². The van der Waals surface area contributed by atoms with E-state index < -0.39 is 5.54 Å². The van der Waals surface area contributed by atoms with Gasteiger partial charge in [-0.3, -0.25) is 9.69 Å². The zero-order chi connectivity index (χ0) is 16.6. The lowest BCUT2D eigenvalue weighted by atomic mass is 10.00. The first-order valence-corrected chi connectivity index (χ1v) is 9.24. The topological polar surface area (TPSA) is 56.1 Å². The summed E-state index contributed by atoms with van der Waals surface area (Å²) in [6, 6.07) is 12.0. The number of hydrogen-bond donors (Lipinski definition) is 1. The molecule has 0 unspecified atom stereocenters. The number of rotatable bonds is 5. The van der Waals surface area contributed by atoms with Crippen LogP contribution in [-0.4, -0.2) is 35.0 Å². The van der Waals surface area contributed by atoms with Crippen LogP contribution in [0.15, 0.2) is 24.3 Å². The van der Waals surface area contributed by atoms with Crippen LogP contribution in [0.4, 0.5) is 0 Å². The van der Waals surface area contributed by atoms with Gasteiger partial charge in [-0.1, -0.05) is 24.3 Å². The molecule has 2 fully saturated rings. The Bertz CT molecular complexity index is 643. The summed E-state index contributed by atoms with van der Waals surface area (Å²) in [5, 5.41) is 12.5. The molecule has 4 rings (SSSR count). The van der Waals surface area contributed by atoms with Crippen LogP contribution in [0.5, 0.6) is 0 Å². The molecular weight excluding hydrogens is 298 g/mol. The average Bonchev–Trinajstić information content (AvgIpc) is 3.17. The summed E-state index contributed by atoms with van der Waals surface area (Å²) in [7, 11) is 0.